The van der Waals surface area contributed by atoms with Crippen molar-refractivity contribution in [3.05, 3.63) is 65.5 Å². The normalized spacial score (nSPS) is 16.2. The number of hydrogen-bond donors (Lipinski definition) is 1. The van der Waals surface area contributed by atoms with Crippen LogP contribution in [0.15, 0.2) is 48.8 Å². The summed E-state index contributed by atoms with van der Waals surface area (Å²) in [7, 11) is 0. The number of nitrogens with zero attached hydrogens (tertiary/aromatic N) is 2. The van der Waals surface area contributed by atoms with Crippen molar-refractivity contribution in [2.24, 2.45) is 0 Å². The lowest BCUT2D eigenvalue weighted by Crippen LogP contribution is -2.36. The van der Waals surface area contributed by atoms with Gasteiger partial charge in [-0.3, -0.25) is 14.7 Å². The van der Waals surface area contributed by atoms with Crippen molar-refractivity contribution in [1.82, 2.24) is 15.2 Å². The molecule has 1 amide bonds. The van der Waals surface area contributed by atoms with Crippen molar-refractivity contribution in [2.75, 3.05) is 19.6 Å². The molecule has 1 atom stereocenters. The first-order chi connectivity index (χ1) is 11.2. The maximum Gasteiger partial charge on any atom is 0.251 e. The molecule has 1 unspecified atom stereocenters. The van der Waals surface area contributed by atoms with Crippen LogP contribution in [0.1, 0.15) is 40.4 Å². The number of benzene rings is 1. The van der Waals surface area contributed by atoms with E-state index in [0.29, 0.717) is 12.1 Å². The zero-order chi connectivity index (χ0) is 16.1. The lowest BCUT2D eigenvalue weighted by Gasteiger charge is -2.28. The van der Waals surface area contributed by atoms with Gasteiger partial charge in [0.15, 0.2) is 0 Å². The van der Waals surface area contributed by atoms with Gasteiger partial charge in [0.25, 0.3) is 5.91 Å². The number of aromatic nitrogens is 1. The molecular weight excluding hydrogens is 286 g/mol. The summed E-state index contributed by atoms with van der Waals surface area (Å²) in [5.74, 6) is -0.0382. The van der Waals surface area contributed by atoms with E-state index in [-0.39, 0.29) is 11.9 Å². The zero-order valence-corrected chi connectivity index (χ0v) is 13.5. The average molecular weight is 309 g/mol. The topological polar surface area (TPSA) is 45.2 Å². The number of nitrogens with one attached hydrogen (secondary N) is 1. The number of carbonyl (C=O) groups excluding carboxylic acids is 1. The van der Waals surface area contributed by atoms with Crippen LogP contribution in [0.3, 0.4) is 0 Å². The van der Waals surface area contributed by atoms with E-state index in [4.69, 9.17) is 0 Å². The summed E-state index contributed by atoms with van der Waals surface area (Å²) in [5.41, 5.74) is 3.19. The molecule has 1 aliphatic rings. The van der Waals surface area contributed by atoms with Crippen LogP contribution in [-0.2, 0) is 0 Å². The largest absolute Gasteiger partial charge is 0.350 e. The molecule has 4 heteroatoms. The Bertz CT molecular complexity index is 633. The molecular formula is C19H23N3O. The summed E-state index contributed by atoms with van der Waals surface area (Å²) in [5, 5.41) is 3.08. The Hall–Kier alpha value is -2.20. The second-order valence-corrected chi connectivity index (χ2v) is 6.12. The van der Waals surface area contributed by atoms with E-state index in [2.05, 4.69) is 46.4 Å². The molecule has 0 saturated carbocycles. The highest BCUT2D eigenvalue weighted by molar-refractivity contribution is 5.93. The van der Waals surface area contributed by atoms with E-state index in [9.17, 15) is 4.79 Å². The molecule has 1 aliphatic heterocycles. The minimum atomic E-state index is -0.0382. The van der Waals surface area contributed by atoms with Crippen LogP contribution < -0.4 is 5.32 Å². The van der Waals surface area contributed by atoms with Crippen molar-refractivity contribution >= 4 is 5.91 Å². The first-order valence-electron chi connectivity index (χ1n) is 8.23. The van der Waals surface area contributed by atoms with E-state index in [1.165, 1.54) is 24.0 Å². The van der Waals surface area contributed by atoms with Crippen LogP contribution in [0.5, 0.6) is 0 Å². The lowest BCUT2D eigenvalue weighted by molar-refractivity contribution is 0.0938. The number of aryl methyl sites for hydroxylation is 1. The lowest BCUT2D eigenvalue weighted by atomic mass is 10.0. The van der Waals surface area contributed by atoms with Crippen LogP contribution in [0.4, 0.5) is 0 Å². The zero-order valence-electron chi connectivity index (χ0n) is 13.5. The molecule has 2 heterocycles. The van der Waals surface area contributed by atoms with Crippen molar-refractivity contribution in [3.8, 4) is 0 Å². The number of likely N-dealkylation sites (tertiary alicyclic amines) is 1. The number of amides is 1. The van der Waals surface area contributed by atoms with E-state index >= 15 is 0 Å². The average Bonchev–Trinajstić information content (AvgIpc) is 3.11. The molecule has 1 N–H and O–H groups in total. The first-order valence-corrected chi connectivity index (χ1v) is 8.23. The predicted molar refractivity (Wildman–Crippen MR) is 91.3 cm³/mol. The van der Waals surface area contributed by atoms with Crippen molar-refractivity contribution in [3.63, 3.8) is 0 Å². The maximum atomic E-state index is 12.3. The SMILES string of the molecule is Cc1ccc(C(CNC(=O)c2ccncc2)N2CCCC2)cc1. The van der Waals surface area contributed by atoms with Gasteiger partial charge in [0.1, 0.15) is 0 Å². The van der Waals surface area contributed by atoms with Crippen molar-refractivity contribution in [2.45, 2.75) is 25.8 Å². The van der Waals surface area contributed by atoms with E-state index in [1.54, 1.807) is 24.5 Å². The quantitative estimate of drug-likeness (QED) is 0.923. The Kier molecular flexibility index (Phi) is 5.03. The molecule has 1 fully saturated rings. The van der Waals surface area contributed by atoms with E-state index in [0.717, 1.165) is 13.1 Å². The minimum absolute atomic E-state index is 0.0382. The highest BCUT2D eigenvalue weighted by Gasteiger charge is 2.24. The molecule has 0 radical (unpaired) electrons. The van der Waals surface area contributed by atoms with Crippen LogP contribution in [0, 0.1) is 6.92 Å². The Morgan fingerprint density at radius 1 is 1.13 bits per heavy atom. The maximum absolute atomic E-state index is 12.3. The third kappa shape index (κ3) is 3.96. The first kappa shape index (κ1) is 15.7. The van der Waals surface area contributed by atoms with Gasteiger partial charge in [0, 0.05) is 24.5 Å². The summed E-state index contributed by atoms with van der Waals surface area (Å²) in [6.45, 7) is 4.93. The Morgan fingerprint density at radius 3 is 2.43 bits per heavy atom. The molecule has 4 nitrogen and oxygen atoms in total. The molecule has 3 rings (SSSR count). The number of carbonyl (C=O) groups is 1. The van der Waals surface area contributed by atoms with E-state index in [1.807, 2.05) is 0 Å². The summed E-state index contributed by atoms with van der Waals surface area (Å²) < 4.78 is 0. The number of hydrogen-bond acceptors (Lipinski definition) is 3. The third-order valence-corrected chi connectivity index (χ3v) is 4.44. The van der Waals surface area contributed by atoms with Gasteiger partial charge >= 0.3 is 0 Å². The number of pyridine rings is 1. The fourth-order valence-electron chi connectivity index (χ4n) is 3.09. The van der Waals surface area contributed by atoms with Crippen LogP contribution >= 0.6 is 0 Å². The molecule has 0 aliphatic carbocycles. The molecule has 1 aromatic carbocycles. The molecule has 0 spiro atoms. The summed E-state index contributed by atoms with van der Waals surface area (Å²) in [6, 6.07) is 12.4. The third-order valence-electron chi connectivity index (χ3n) is 4.44. The van der Waals surface area contributed by atoms with Gasteiger partial charge in [0.2, 0.25) is 0 Å². The molecule has 1 saturated heterocycles. The predicted octanol–water partition coefficient (Wildman–Crippen LogP) is 2.96. The molecule has 23 heavy (non-hydrogen) atoms. The Labute approximate surface area is 137 Å². The second-order valence-electron chi connectivity index (χ2n) is 6.12. The Balaban J connectivity index is 1.71. The van der Waals surface area contributed by atoms with Gasteiger partial charge in [0.05, 0.1) is 6.04 Å². The summed E-state index contributed by atoms with van der Waals surface area (Å²) in [4.78, 5) is 18.7. The standard InChI is InChI=1S/C19H23N3O/c1-15-4-6-16(7-5-15)18(22-12-2-3-13-22)14-21-19(23)17-8-10-20-11-9-17/h4-11,18H,2-3,12-14H2,1H3,(H,21,23). The van der Waals surface area contributed by atoms with Gasteiger partial charge in [-0.05, 0) is 50.6 Å². The fraction of sp³-hybridized carbons (Fsp3) is 0.368. The second kappa shape index (κ2) is 7.38. The van der Waals surface area contributed by atoms with Gasteiger partial charge in [-0.1, -0.05) is 29.8 Å². The van der Waals surface area contributed by atoms with Gasteiger partial charge in [-0.25, -0.2) is 0 Å². The summed E-state index contributed by atoms with van der Waals surface area (Å²) in [6.07, 6.45) is 5.76. The number of rotatable bonds is 5. The smallest absolute Gasteiger partial charge is 0.251 e. The van der Waals surface area contributed by atoms with Crippen LogP contribution in [0.2, 0.25) is 0 Å². The Morgan fingerprint density at radius 2 is 1.78 bits per heavy atom. The fourth-order valence-corrected chi connectivity index (χ4v) is 3.09. The monoisotopic (exact) mass is 309 g/mol. The van der Waals surface area contributed by atoms with Crippen LogP contribution in [-0.4, -0.2) is 35.4 Å². The van der Waals surface area contributed by atoms with Gasteiger partial charge < -0.3 is 5.32 Å². The minimum Gasteiger partial charge on any atom is -0.350 e. The van der Waals surface area contributed by atoms with Crippen LogP contribution in [0.25, 0.3) is 0 Å². The van der Waals surface area contributed by atoms with Gasteiger partial charge in [-0.2, -0.15) is 0 Å². The molecule has 1 aromatic heterocycles. The van der Waals surface area contributed by atoms with Gasteiger partial charge in [-0.15, -0.1) is 0 Å². The highest BCUT2D eigenvalue weighted by Crippen LogP contribution is 2.25. The molecule has 2 aromatic rings. The summed E-state index contributed by atoms with van der Waals surface area (Å²) >= 11 is 0. The molecule has 120 valence electrons. The highest BCUT2D eigenvalue weighted by atomic mass is 16.1. The molecule has 0 bridgehead atoms. The van der Waals surface area contributed by atoms with Crippen molar-refractivity contribution < 1.29 is 4.79 Å². The van der Waals surface area contributed by atoms with Crippen molar-refractivity contribution in [1.29, 1.82) is 0 Å². The van der Waals surface area contributed by atoms with E-state index < -0.39 is 0 Å².